The minimum absolute atomic E-state index is 0.0996. The smallest absolute Gasteiger partial charge is 0.0714 e. The third-order valence-electron chi connectivity index (χ3n) is 7.61. The van der Waals surface area contributed by atoms with Crippen molar-refractivity contribution in [2.45, 2.75) is 43.2 Å². The van der Waals surface area contributed by atoms with Crippen LogP contribution in [0.15, 0.2) is 78.9 Å². The highest BCUT2D eigenvalue weighted by molar-refractivity contribution is 5.59. The average Bonchev–Trinajstić information content (AvgIpc) is 2.81. The van der Waals surface area contributed by atoms with Crippen molar-refractivity contribution in [3.63, 3.8) is 0 Å². The average molecular weight is 396 g/mol. The molecule has 1 atom stereocenters. The van der Waals surface area contributed by atoms with Crippen molar-refractivity contribution < 1.29 is 4.74 Å². The van der Waals surface area contributed by atoms with E-state index in [9.17, 15) is 0 Å². The molecule has 1 aliphatic heterocycles. The SMILES string of the molecule is c1ccc(CN2CCOC(CC34CCC(c5ccccc53)c3ccccc34)C2)cc1. The highest BCUT2D eigenvalue weighted by Gasteiger charge is 2.49. The first-order valence-electron chi connectivity index (χ1n) is 11.4. The van der Waals surface area contributed by atoms with Crippen LogP contribution in [0.4, 0.5) is 0 Å². The number of fused-ring (bicyclic) bond motifs is 1. The van der Waals surface area contributed by atoms with E-state index in [0.717, 1.165) is 32.7 Å². The molecule has 3 aliphatic carbocycles. The zero-order valence-corrected chi connectivity index (χ0v) is 17.5. The molecule has 1 saturated heterocycles. The van der Waals surface area contributed by atoms with Crippen LogP contribution in [-0.4, -0.2) is 30.7 Å². The van der Waals surface area contributed by atoms with Crippen LogP contribution in [0.1, 0.15) is 53.0 Å². The molecule has 7 rings (SSSR count). The minimum Gasteiger partial charge on any atom is -0.376 e. The number of hydrogen-bond acceptors (Lipinski definition) is 2. The lowest BCUT2D eigenvalue weighted by molar-refractivity contribution is -0.0444. The zero-order chi connectivity index (χ0) is 20.0. The summed E-state index contributed by atoms with van der Waals surface area (Å²) in [5.41, 5.74) is 7.72. The molecule has 0 amide bonds. The van der Waals surface area contributed by atoms with Crippen molar-refractivity contribution in [3.05, 3.63) is 107 Å². The Balaban J connectivity index is 1.32. The Labute approximate surface area is 179 Å². The van der Waals surface area contributed by atoms with Crippen LogP contribution in [0.5, 0.6) is 0 Å². The quantitative estimate of drug-likeness (QED) is 0.578. The maximum absolute atomic E-state index is 6.38. The van der Waals surface area contributed by atoms with E-state index >= 15 is 0 Å². The number of rotatable bonds is 4. The van der Waals surface area contributed by atoms with Crippen molar-refractivity contribution >= 4 is 0 Å². The standard InChI is InChI=1S/C28H29NO/c1-2-8-21(9-3-1)19-29-16-17-30-22(20-29)18-28-15-14-23(24-10-4-6-12-26(24)28)25-11-5-7-13-27(25)28/h1-13,22-23H,14-20H2. The van der Waals surface area contributed by atoms with Gasteiger partial charge in [0.2, 0.25) is 0 Å². The summed E-state index contributed by atoms with van der Waals surface area (Å²) < 4.78 is 6.38. The molecule has 4 aliphatic rings. The molecule has 0 N–H and O–H groups in total. The van der Waals surface area contributed by atoms with Crippen LogP contribution < -0.4 is 0 Å². The fraction of sp³-hybridized carbons (Fsp3) is 0.357. The van der Waals surface area contributed by atoms with Crippen LogP contribution in [0, 0.1) is 0 Å². The summed E-state index contributed by atoms with van der Waals surface area (Å²) in [4.78, 5) is 2.58. The van der Waals surface area contributed by atoms with Crippen LogP contribution in [0.25, 0.3) is 0 Å². The summed E-state index contributed by atoms with van der Waals surface area (Å²) in [6, 6.07) is 29.3. The lowest BCUT2D eigenvalue weighted by atomic mass is 9.53. The molecule has 1 heterocycles. The number of ether oxygens (including phenoxy) is 1. The summed E-state index contributed by atoms with van der Waals surface area (Å²) in [6.07, 6.45) is 3.86. The van der Waals surface area contributed by atoms with Gasteiger partial charge in [-0.15, -0.1) is 0 Å². The van der Waals surface area contributed by atoms with Crippen molar-refractivity contribution in [2.24, 2.45) is 0 Å². The summed E-state index contributed by atoms with van der Waals surface area (Å²) in [5, 5.41) is 0. The van der Waals surface area contributed by atoms with Gasteiger partial charge in [-0.2, -0.15) is 0 Å². The van der Waals surface area contributed by atoms with E-state index in [1.165, 1.54) is 18.4 Å². The lowest BCUT2D eigenvalue weighted by Gasteiger charge is -2.51. The van der Waals surface area contributed by atoms with Crippen LogP contribution in [0.2, 0.25) is 0 Å². The molecule has 3 aromatic rings. The monoisotopic (exact) mass is 395 g/mol. The highest BCUT2D eigenvalue weighted by Crippen LogP contribution is 2.58. The maximum atomic E-state index is 6.38. The number of nitrogens with zero attached hydrogens (tertiary/aromatic N) is 1. The predicted octanol–water partition coefficient (Wildman–Crippen LogP) is 5.50. The predicted molar refractivity (Wildman–Crippen MR) is 121 cm³/mol. The molecule has 1 unspecified atom stereocenters. The molecule has 1 fully saturated rings. The number of hydrogen-bond donors (Lipinski definition) is 0. The molecule has 152 valence electrons. The lowest BCUT2D eigenvalue weighted by Crippen LogP contribution is -2.48. The molecular formula is C28H29NO. The molecule has 30 heavy (non-hydrogen) atoms. The second-order valence-corrected chi connectivity index (χ2v) is 9.27. The van der Waals surface area contributed by atoms with E-state index in [4.69, 9.17) is 4.74 Å². The van der Waals surface area contributed by atoms with E-state index in [1.807, 2.05) is 0 Å². The Morgan fingerprint density at radius 2 is 1.50 bits per heavy atom. The van der Waals surface area contributed by atoms with Gasteiger partial charge in [-0.05, 0) is 47.1 Å². The van der Waals surface area contributed by atoms with E-state index in [1.54, 1.807) is 22.3 Å². The molecule has 3 aromatic carbocycles. The van der Waals surface area contributed by atoms with Gasteiger partial charge < -0.3 is 4.74 Å². The van der Waals surface area contributed by atoms with Crippen LogP contribution >= 0.6 is 0 Å². The molecular weight excluding hydrogens is 366 g/mol. The van der Waals surface area contributed by atoms with E-state index in [2.05, 4.69) is 83.8 Å². The Morgan fingerprint density at radius 3 is 2.23 bits per heavy atom. The molecule has 2 nitrogen and oxygen atoms in total. The topological polar surface area (TPSA) is 12.5 Å². The Bertz CT molecular complexity index is 996. The Kier molecular flexibility index (Phi) is 4.51. The normalized spacial score (nSPS) is 27.5. The second kappa shape index (κ2) is 7.37. The van der Waals surface area contributed by atoms with Gasteiger partial charge in [0.05, 0.1) is 12.7 Å². The van der Waals surface area contributed by atoms with Gasteiger partial charge in [0.25, 0.3) is 0 Å². The van der Waals surface area contributed by atoms with Gasteiger partial charge in [-0.3, -0.25) is 4.90 Å². The summed E-state index contributed by atoms with van der Waals surface area (Å²) in [6.45, 7) is 3.89. The molecule has 0 aromatic heterocycles. The van der Waals surface area contributed by atoms with Crippen molar-refractivity contribution in [1.82, 2.24) is 4.90 Å². The van der Waals surface area contributed by atoms with E-state index in [0.29, 0.717) is 5.92 Å². The van der Waals surface area contributed by atoms with Gasteiger partial charge in [0.1, 0.15) is 0 Å². The van der Waals surface area contributed by atoms with E-state index in [-0.39, 0.29) is 11.5 Å². The molecule has 2 heteroatoms. The number of morpholine rings is 1. The Morgan fingerprint density at radius 1 is 0.833 bits per heavy atom. The van der Waals surface area contributed by atoms with Gasteiger partial charge in [0.15, 0.2) is 0 Å². The highest BCUT2D eigenvalue weighted by atomic mass is 16.5. The molecule has 2 bridgehead atoms. The molecule has 0 saturated carbocycles. The van der Waals surface area contributed by atoms with Crippen LogP contribution in [0.3, 0.4) is 0 Å². The third-order valence-corrected chi connectivity index (χ3v) is 7.61. The second-order valence-electron chi connectivity index (χ2n) is 9.27. The first-order valence-corrected chi connectivity index (χ1v) is 11.4. The summed E-state index contributed by atoms with van der Waals surface area (Å²) in [7, 11) is 0. The molecule has 0 radical (unpaired) electrons. The first-order chi connectivity index (χ1) is 14.8. The summed E-state index contributed by atoms with van der Waals surface area (Å²) >= 11 is 0. The van der Waals surface area contributed by atoms with Crippen molar-refractivity contribution in [3.8, 4) is 0 Å². The zero-order valence-electron chi connectivity index (χ0n) is 17.5. The summed E-state index contributed by atoms with van der Waals surface area (Å²) in [5.74, 6) is 0.570. The van der Waals surface area contributed by atoms with Crippen molar-refractivity contribution in [1.29, 1.82) is 0 Å². The third kappa shape index (κ3) is 2.93. The van der Waals surface area contributed by atoms with Gasteiger partial charge in [-0.1, -0.05) is 78.9 Å². The number of benzene rings is 3. The van der Waals surface area contributed by atoms with Gasteiger partial charge in [0, 0.05) is 31.0 Å². The van der Waals surface area contributed by atoms with Gasteiger partial charge >= 0.3 is 0 Å². The molecule has 0 spiro atoms. The van der Waals surface area contributed by atoms with Gasteiger partial charge in [-0.25, -0.2) is 0 Å². The fourth-order valence-electron chi connectivity index (χ4n) is 6.36. The fourth-order valence-corrected chi connectivity index (χ4v) is 6.36. The van der Waals surface area contributed by atoms with Crippen LogP contribution in [-0.2, 0) is 16.7 Å². The maximum Gasteiger partial charge on any atom is 0.0714 e. The minimum atomic E-state index is 0.0996. The van der Waals surface area contributed by atoms with E-state index < -0.39 is 0 Å². The largest absolute Gasteiger partial charge is 0.376 e. The Hall–Kier alpha value is -2.42. The van der Waals surface area contributed by atoms with Crippen molar-refractivity contribution in [2.75, 3.05) is 19.7 Å². The first kappa shape index (κ1) is 18.4.